The van der Waals surface area contributed by atoms with Gasteiger partial charge in [0.2, 0.25) is 0 Å². The Morgan fingerprint density at radius 1 is 1.10 bits per heavy atom. The van der Waals surface area contributed by atoms with Gasteiger partial charge in [-0.25, -0.2) is 4.98 Å². The molecule has 2 aromatic heterocycles. The predicted octanol–water partition coefficient (Wildman–Crippen LogP) is 2.56. The molecule has 1 aromatic carbocycles. The minimum absolute atomic E-state index is 0.0457. The fourth-order valence-electron chi connectivity index (χ4n) is 2.21. The second kappa shape index (κ2) is 4.74. The number of fused-ring (bicyclic) bond motifs is 1. The maximum Gasteiger partial charge on any atom is 0.258 e. The molecule has 0 radical (unpaired) electrons. The van der Waals surface area contributed by atoms with Gasteiger partial charge in [0.15, 0.2) is 5.78 Å². The van der Waals surface area contributed by atoms with Crippen molar-refractivity contribution >= 4 is 11.4 Å². The number of hydrogen-bond acceptors (Lipinski definition) is 3. The van der Waals surface area contributed by atoms with E-state index in [1.54, 1.807) is 36.5 Å². The topological polar surface area (TPSA) is 51.4 Å². The summed E-state index contributed by atoms with van der Waals surface area (Å²) in [7, 11) is 0. The monoisotopic (exact) mass is 264 g/mol. The Labute approximate surface area is 115 Å². The molecule has 0 atom stereocenters. The van der Waals surface area contributed by atoms with Gasteiger partial charge in [-0.1, -0.05) is 30.3 Å². The number of ketones is 1. The second-order valence-electron chi connectivity index (χ2n) is 4.51. The number of rotatable bonds is 2. The standard InChI is InChI=1S/C16H12N2O2/c1-11(19)12-6-2-3-7-13(12)14-10-16(20)18-9-5-4-8-15(18)17-14/h2-10H,1H3. The van der Waals surface area contributed by atoms with Crippen molar-refractivity contribution in [2.75, 3.05) is 0 Å². The van der Waals surface area contributed by atoms with Crippen molar-refractivity contribution in [2.45, 2.75) is 6.92 Å². The first-order valence-electron chi connectivity index (χ1n) is 6.25. The molecule has 98 valence electrons. The second-order valence-corrected chi connectivity index (χ2v) is 4.51. The average molecular weight is 264 g/mol. The van der Waals surface area contributed by atoms with E-state index in [4.69, 9.17) is 0 Å². The maximum absolute atomic E-state index is 12.1. The molecule has 4 heteroatoms. The molecule has 0 aliphatic rings. The Morgan fingerprint density at radius 2 is 1.85 bits per heavy atom. The van der Waals surface area contributed by atoms with Gasteiger partial charge in [0.1, 0.15) is 5.65 Å². The molecule has 0 saturated heterocycles. The van der Waals surface area contributed by atoms with Gasteiger partial charge in [-0.05, 0) is 19.1 Å². The van der Waals surface area contributed by atoms with Gasteiger partial charge in [-0.3, -0.25) is 14.0 Å². The van der Waals surface area contributed by atoms with E-state index in [1.807, 2.05) is 12.1 Å². The van der Waals surface area contributed by atoms with Gasteiger partial charge in [0.25, 0.3) is 5.56 Å². The zero-order valence-corrected chi connectivity index (χ0v) is 10.9. The molecular formula is C16H12N2O2. The van der Waals surface area contributed by atoms with Crippen LogP contribution < -0.4 is 5.56 Å². The highest BCUT2D eigenvalue weighted by Crippen LogP contribution is 2.21. The summed E-state index contributed by atoms with van der Waals surface area (Å²) in [6.45, 7) is 1.51. The van der Waals surface area contributed by atoms with E-state index in [0.29, 0.717) is 22.5 Å². The Morgan fingerprint density at radius 3 is 2.65 bits per heavy atom. The van der Waals surface area contributed by atoms with E-state index in [9.17, 15) is 9.59 Å². The van der Waals surface area contributed by atoms with Crippen LogP contribution in [0.15, 0.2) is 59.5 Å². The number of hydrogen-bond donors (Lipinski definition) is 0. The summed E-state index contributed by atoms with van der Waals surface area (Å²) in [6, 6.07) is 14.0. The first kappa shape index (κ1) is 12.3. The van der Waals surface area contributed by atoms with Crippen LogP contribution in [0.2, 0.25) is 0 Å². The summed E-state index contributed by atoms with van der Waals surface area (Å²) >= 11 is 0. The van der Waals surface area contributed by atoms with Gasteiger partial charge in [0.05, 0.1) is 5.69 Å². The number of carbonyl (C=O) groups is 1. The predicted molar refractivity (Wildman–Crippen MR) is 76.9 cm³/mol. The molecule has 0 aliphatic carbocycles. The maximum atomic E-state index is 12.1. The van der Waals surface area contributed by atoms with Crippen molar-refractivity contribution in [3.8, 4) is 11.3 Å². The van der Waals surface area contributed by atoms with Gasteiger partial charge >= 0.3 is 0 Å². The van der Waals surface area contributed by atoms with Crippen LogP contribution in [0.4, 0.5) is 0 Å². The Kier molecular flexibility index (Phi) is 2.91. The van der Waals surface area contributed by atoms with Crippen LogP contribution in [0, 0.1) is 0 Å². The summed E-state index contributed by atoms with van der Waals surface area (Å²) in [6.07, 6.45) is 1.67. The third-order valence-corrected chi connectivity index (χ3v) is 3.15. The smallest absolute Gasteiger partial charge is 0.258 e. The molecule has 0 fully saturated rings. The Hall–Kier alpha value is -2.75. The molecule has 3 aromatic rings. The minimum Gasteiger partial charge on any atom is -0.294 e. The van der Waals surface area contributed by atoms with Crippen molar-refractivity contribution in [1.29, 1.82) is 0 Å². The molecule has 20 heavy (non-hydrogen) atoms. The fourth-order valence-corrected chi connectivity index (χ4v) is 2.21. The molecule has 0 spiro atoms. The van der Waals surface area contributed by atoms with Crippen LogP contribution in [0.3, 0.4) is 0 Å². The molecule has 0 bridgehead atoms. The first-order chi connectivity index (χ1) is 9.66. The summed E-state index contributed by atoms with van der Waals surface area (Å²) in [5.41, 5.74) is 2.17. The van der Waals surface area contributed by atoms with Crippen molar-refractivity contribution < 1.29 is 4.79 Å². The summed E-state index contributed by atoms with van der Waals surface area (Å²) in [4.78, 5) is 28.2. The summed E-state index contributed by atoms with van der Waals surface area (Å²) < 4.78 is 1.47. The number of pyridine rings is 1. The van der Waals surface area contributed by atoms with E-state index in [1.165, 1.54) is 17.4 Å². The molecule has 0 unspecified atom stereocenters. The first-order valence-corrected chi connectivity index (χ1v) is 6.25. The van der Waals surface area contributed by atoms with Gasteiger partial charge in [-0.2, -0.15) is 0 Å². The third kappa shape index (κ3) is 2.01. The van der Waals surface area contributed by atoms with Crippen molar-refractivity contribution in [1.82, 2.24) is 9.38 Å². The van der Waals surface area contributed by atoms with Gasteiger partial charge in [0, 0.05) is 23.4 Å². The largest absolute Gasteiger partial charge is 0.294 e. The van der Waals surface area contributed by atoms with Crippen LogP contribution in [0.1, 0.15) is 17.3 Å². The Balaban J connectivity index is 2.31. The molecule has 0 N–H and O–H groups in total. The van der Waals surface area contributed by atoms with Crippen LogP contribution >= 0.6 is 0 Å². The quantitative estimate of drug-likeness (QED) is 0.668. The van der Waals surface area contributed by atoms with Gasteiger partial charge < -0.3 is 0 Å². The zero-order chi connectivity index (χ0) is 14.1. The van der Waals surface area contributed by atoms with Crippen molar-refractivity contribution in [2.24, 2.45) is 0 Å². The van der Waals surface area contributed by atoms with E-state index in [0.717, 1.165) is 0 Å². The Bertz CT molecular complexity index is 865. The number of benzene rings is 1. The van der Waals surface area contributed by atoms with Crippen LogP contribution in [-0.4, -0.2) is 15.2 Å². The van der Waals surface area contributed by atoms with E-state index < -0.39 is 0 Å². The fraction of sp³-hybridized carbons (Fsp3) is 0.0625. The lowest BCUT2D eigenvalue weighted by molar-refractivity contribution is 0.101. The minimum atomic E-state index is -0.163. The van der Waals surface area contributed by atoms with E-state index >= 15 is 0 Å². The normalized spacial score (nSPS) is 10.7. The number of aromatic nitrogens is 2. The van der Waals surface area contributed by atoms with E-state index in [-0.39, 0.29) is 11.3 Å². The number of nitrogens with zero attached hydrogens (tertiary/aromatic N) is 2. The number of carbonyl (C=O) groups excluding carboxylic acids is 1. The summed E-state index contributed by atoms with van der Waals surface area (Å²) in [5, 5.41) is 0. The lowest BCUT2D eigenvalue weighted by Crippen LogP contribution is -2.14. The lowest BCUT2D eigenvalue weighted by Gasteiger charge is -2.07. The average Bonchev–Trinajstić information content (AvgIpc) is 2.47. The molecule has 0 aliphatic heterocycles. The van der Waals surface area contributed by atoms with Crippen LogP contribution in [0.25, 0.3) is 16.9 Å². The molecule has 3 rings (SSSR count). The van der Waals surface area contributed by atoms with E-state index in [2.05, 4.69) is 4.98 Å². The molecule has 0 saturated carbocycles. The summed E-state index contributed by atoms with van der Waals surface area (Å²) in [5.74, 6) is -0.0457. The van der Waals surface area contributed by atoms with Crippen LogP contribution in [-0.2, 0) is 0 Å². The molecule has 0 amide bonds. The van der Waals surface area contributed by atoms with Crippen molar-refractivity contribution in [3.63, 3.8) is 0 Å². The molecule has 2 heterocycles. The highest BCUT2D eigenvalue weighted by atomic mass is 16.1. The zero-order valence-electron chi connectivity index (χ0n) is 10.9. The van der Waals surface area contributed by atoms with Gasteiger partial charge in [-0.15, -0.1) is 0 Å². The lowest BCUT2D eigenvalue weighted by atomic mass is 10.0. The van der Waals surface area contributed by atoms with Crippen molar-refractivity contribution in [3.05, 3.63) is 70.6 Å². The highest BCUT2D eigenvalue weighted by Gasteiger charge is 2.11. The SMILES string of the molecule is CC(=O)c1ccccc1-c1cc(=O)n2ccccc2n1. The molecular weight excluding hydrogens is 252 g/mol. The highest BCUT2D eigenvalue weighted by molar-refractivity contribution is 6.00. The van der Waals surface area contributed by atoms with Crippen LogP contribution in [0.5, 0.6) is 0 Å². The third-order valence-electron chi connectivity index (χ3n) is 3.15. The molecule has 4 nitrogen and oxygen atoms in total. The number of Topliss-reactive ketones (excluding diaryl/α,β-unsaturated/α-hetero) is 1.